The maximum atomic E-state index is 0. The molecule has 0 aliphatic heterocycles. The fourth-order valence-corrected chi connectivity index (χ4v) is 0. The Morgan fingerprint density at radius 3 is 0.750 bits per heavy atom. The van der Waals surface area contributed by atoms with Crippen LogP contribution in [0.1, 0.15) is 0 Å². The molecule has 0 atom stereocenters. The van der Waals surface area contributed by atoms with E-state index in [9.17, 15) is 0 Å². The van der Waals surface area contributed by atoms with Gasteiger partial charge in [0.2, 0.25) is 0 Å². The molecule has 0 rings (SSSR count). The van der Waals surface area contributed by atoms with E-state index in [2.05, 4.69) is 0 Å². The van der Waals surface area contributed by atoms with Crippen molar-refractivity contribution in [3.05, 3.63) is 0 Å². The Morgan fingerprint density at radius 2 is 0.750 bits per heavy atom. The quantitative estimate of drug-likeness (QED) is 0.547. The van der Waals surface area contributed by atoms with Crippen molar-refractivity contribution in [1.82, 2.24) is 6.15 Å². The van der Waals surface area contributed by atoms with Gasteiger partial charge < -0.3 is 6.15 Å². The van der Waals surface area contributed by atoms with Gasteiger partial charge in [-0.2, -0.15) is 0 Å². The molecule has 0 saturated carbocycles. The van der Waals surface area contributed by atoms with Crippen LogP contribution >= 0.6 is 24.8 Å². The van der Waals surface area contributed by atoms with Gasteiger partial charge in [-0.1, -0.05) is 0 Å². The maximum absolute atomic E-state index is 0. The normalized spacial score (nSPS) is 0. The van der Waals surface area contributed by atoms with Crippen molar-refractivity contribution in [3.63, 3.8) is 0 Å². The standard InChI is InChI=1S/2ClH.Co.H3N/h2*1H;;1H3. The summed E-state index contributed by atoms with van der Waals surface area (Å²) in [6.07, 6.45) is 0. The molecule has 0 unspecified atom stereocenters. The average molecular weight is 149 g/mol. The predicted molar refractivity (Wildman–Crippen MR) is 19.5 cm³/mol. The summed E-state index contributed by atoms with van der Waals surface area (Å²) < 4.78 is 0. The first-order chi connectivity index (χ1) is 0. The van der Waals surface area contributed by atoms with Gasteiger partial charge in [0.25, 0.3) is 0 Å². The van der Waals surface area contributed by atoms with Crippen LogP contribution in [0, 0.1) is 0 Å². The molecule has 0 aromatic rings. The molecule has 0 heterocycles. The summed E-state index contributed by atoms with van der Waals surface area (Å²) in [6, 6.07) is 0. The molecular weight excluding hydrogens is 144 g/mol. The fraction of sp³-hybridized carbons (Fsp3) is 0. The van der Waals surface area contributed by atoms with Crippen molar-refractivity contribution in [2.45, 2.75) is 0 Å². The minimum Gasteiger partial charge on any atom is -0.344 e. The number of hydrogen-bond donors (Lipinski definition) is 1. The monoisotopic (exact) mass is 148 g/mol. The minimum absolute atomic E-state index is 0. The fourth-order valence-electron chi connectivity index (χ4n) is 0. The molecule has 1 nitrogen and oxygen atoms in total. The molecule has 1 radical (unpaired) electrons. The second kappa shape index (κ2) is 34.3. The Kier molecular flexibility index (Phi) is 647. The van der Waals surface area contributed by atoms with Crippen molar-refractivity contribution < 1.29 is 16.8 Å². The van der Waals surface area contributed by atoms with Crippen LogP contribution in [0.3, 0.4) is 0 Å². The van der Waals surface area contributed by atoms with E-state index in [1.165, 1.54) is 0 Å². The molecule has 0 saturated heterocycles. The molecule has 0 aromatic heterocycles. The van der Waals surface area contributed by atoms with Crippen LogP contribution in [-0.4, -0.2) is 0 Å². The third-order valence-corrected chi connectivity index (χ3v) is 0. The van der Waals surface area contributed by atoms with E-state index in [1.54, 1.807) is 0 Å². The first-order valence-electron chi connectivity index (χ1n) is 0. The van der Waals surface area contributed by atoms with Crippen molar-refractivity contribution in [1.29, 1.82) is 0 Å². The Morgan fingerprint density at radius 1 is 0.750 bits per heavy atom. The van der Waals surface area contributed by atoms with Gasteiger partial charge in [-0.3, -0.25) is 0 Å². The van der Waals surface area contributed by atoms with Crippen molar-refractivity contribution in [2.75, 3.05) is 0 Å². The molecule has 0 aromatic carbocycles. The maximum Gasteiger partial charge on any atom is 0 e. The third-order valence-electron chi connectivity index (χ3n) is 0. The van der Waals surface area contributed by atoms with Crippen LogP contribution in [0.2, 0.25) is 0 Å². The van der Waals surface area contributed by atoms with Crippen LogP contribution in [-0.2, 0) is 16.8 Å². The summed E-state index contributed by atoms with van der Waals surface area (Å²) in [6.45, 7) is 0. The molecule has 4 heavy (non-hydrogen) atoms. The zero-order chi connectivity index (χ0) is 0. The Bertz CT molecular complexity index is 6.00. The summed E-state index contributed by atoms with van der Waals surface area (Å²) in [4.78, 5) is 0. The van der Waals surface area contributed by atoms with Crippen LogP contribution in [0.5, 0.6) is 0 Å². The van der Waals surface area contributed by atoms with Gasteiger partial charge in [0.15, 0.2) is 0 Å². The van der Waals surface area contributed by atoms with Crippen molar-refractivity contribution in [3.8, 4) is 0 Å². The number of halogens is 2. The second-order valence-electron chi connectivity index (χ2n) is 0. The van der Waals surface area contributed by atoms with E-state index >= 15 is 0 Å². The SMILES string of the molecule is Cl.Cl.N.[Co]. The third kappa shape index (κ3) is 11.7. The van der Waals surface area contributed by atoms with Gasteiger partial charge in [-0.05, 0) is 0 Å². The van der Waals surface area contributed by atoms with Gasteiger partial charge in [-0.25, -0.2) is 0 Å². The zero-order valence-corrected chi connectivity index (χ0v) is 4.53. The van der Waals surface area contributed by atoms with Gasteiger partial charge in [0.1, 0.15) is 0 Å². The number of hydrogen-bond acceptors (Lipinski definition) is 1. The second-order valence-corrected chi connectivity index (χ2v) is 0. The van der Waals surface area contributed by atoms with Crippen LogP contribution in [0.4, 0.5) is 0 Å². The Hall–Kier alpha value is 1.05. The van der Waals surface area contributed by atoms with Crippen molar-refractivity contribution >= 4 is 24.8 Å². The summed E-state index contributed by atoms with van der Waals surface area (Å²) in [7, 11) is 0. The topological polar surface area (TPSA) is 35.0 Å². The van der Waals surface area contributed by atoms with E-state index in [0.717, 1.165) is 0 Å². The van der Waals surface area contributed by atoms with Gasteiger partial charge in [0.05, 0.1) is 0 Å². The van der Waals surface area contributed by atoms with E-state index < -0.39 is 0 Å². The van der Waals surface area contributed by atoms with Crippen LogP contribution in [0.25, 0.3) is 0 Å². The van der Waals surface area contributed by atoms with E-state index in [-0.39, 0.29) is 47.7 Å². The Labute approximate surface area is 48.1 Å². The molecular formula is H5Cl2CoN. The molecule has 3 N–H and O–H groups in total. The van der Waals surface area contributed by atoms with Gasteiger partial charge >= 0.3 is 0 Å². The van der Waals surface area contributed by atoms with Gasteiger partial charge in [0, 0.05) is 16.8 Å². The smallest absolute Gasteiger partial charge is 0 e. The van der Waals surface area contributed by atoms with Gasteiger partial charge in [-0.15, -0.1) is 24.8 Å². The molecule has 0 fully saturated rings. The summed E-state index contributed by atoms with van der Waals surface area (Å²) in [5, 5.41) is 0. The predicted octanol–water partition coefficient (Wildman–Crippen LogP) is 1.00. The summed E-state index contributed by atoms with van der Waals surface area (Å²) >= 11 is 0. The molecule has 0 amide bonds. The molecule has 0 bridgehead atoms. The average Bonchev–Trinajstić information content (AvgIpc) is 0. The van der Waals surface area contributed by atoms with E-state index in [4.69, 9.17) is 0 Å². The van der Waals surface area contributed by atoms with E-state index in [0.29, 0.717) is 0 Å². The number of rotatable bonds is 0. The largest absolute Gasteiger partial charge is 0.344 e. The molecule has 33 valence electrons. The molecule has 0 aliphatic rings. The Balaban J connectivity index is 0. The first kappa shape index (κ1) is 75.5. The minimum atomic E-state index is 0. The van der Waals surface area contributed by atoms with E-state index in [1.807, 2.05) is 0 Å². The molecule has 0 aliphatic carbocycles. The zero-order valence-electron chi connectivity index (χ0n) is 1.86. The summed E-state index contributed by atoms with van der Waals surface area (Å²) in [5.41, 5.74) is 0. The summed E-state index contributed by atoms with van der Waals surface area (Å²) in [5.74, 6) is 0. The van der Waals surface area contributed by atoms with Crippen LogP contribution in [0.15, 0.2) is 0 Å². The molecule has 4 heteroatoms. The first-order valence-corrected chi connectivity index (χ1v) is 0. The van der Waals surface area contributed by atoms with Crippen LogP contribution < -0.4 is 6.15 Å². The van der Waals surface area contributed by atoms with Crippen molar-refractivity contribution in [2.24, 2.45) is 0 Å². The molecule has 0 spiro atoms.